The molecule has 0 aliphatic heterocycles. The zero-order valence-electron chi connectivity index (χ0n) is 15.7. The SMILES string of the molecule is IC(I)([As](c1ccccc1)c1ccccc1)[As](c1ccccc1)c1ccccc1. The van der Waals surface area contributed by atoms with E-state index in [-0.39, 0.29) is -0.996 Å². The average Bonchev–Trinajstić information content (AvgIpc) is 2.77. The van der Waals surface area contributed by atoms with Gasteiger partial charge in [-0.1, -0.05) is 0 Å². The summed E-state index contributed by atoms with van der Waals surface area (Å²) >= 11 is 2.44. The fourth-order valence-corrected chi connectivity index (χ4v) is 30.3. The van der Waals surface area contributed by atoms with E-state index in [1.165, 1.54) is 17.4 Å². The van der Waals surface area contributed by atoms with Gasteiger partial charge in [-0.15, -0.1) is 0 Å². The minimum atomic E-state index is -1.61. The zero-order valence-corrected chi connectivity index (χ0v) is 23.8. The van der Waals surface area contributed by atoms with Gasteiger partial charge >= 0.3 is 212 Å². The summed E-state index contributed by atoms with van der Waals surface area (Å²) in [6.45, 7) is 0. The molecule has 0 unspecified atom stereocenters. The first-order chi connectivity index (χ1) is 14.2. The summed E-state index contributed by atoms with van der Waals surface area (Å²) in [4.78, 5) is 0. The van der Waals surface area contributed by atoms with E-state index < -0.39 is 29.3 Å². The molecule has 0 saturated heterocycles. The molecule has 4 heteroatoms. The number of alkyl halides is 2. The Hall–Kier alpha value is -0.543. The fourth-order valence-electron chi connectivity index (χ4n) is 3.33. The van der Waals surface area contributed by atoms with Crippen LogP contribution in [0.4, 0.5) is 0 Å². The Kier molecular flexibility index (Phi) is 7.61. The van der Waals surface area contributed by atoms with Gasteiger partial charge in [0.2, 0.25) is 0 Å². The van der Waals surface area contributed by atoms with E-state index >= 15 is 0 Å². The molecule has 0 nitrogen and oxygen atoms in total. The molecule has 0 aliphatic rings. The van der Waals surface area contributed by atoms with Gasteiger partial charge in [0.15, 0.2) is 0 Å². The number of halogens is 2. The normalized spacial score (nSPS) is 11.7. The van der Waals surface area contributed by atoms with Crippen LogP contribution < -0.4 is 17.4 Å². The molecule has 0 aromatic heterocycles. The van der Waals surface area contributed by atoms with Crippen LogP contribution in [-0.4, -0.2) is 28.3 Å². The first-order valence-corrected chi connectivity index (χ1v) is 17.1. The first-order valence-electron chi connectivity index (χ1n) is 9.36. The van der Waals surface area contributed by atoms with Crippen LogP contribution in [0.5, 0.6) is 0 Å². The third kappa shape index (κ3) is 5.03. The first kappa shape index (κ1) is 21.7. The second-order valence-corrected chi connectivity index (χ2v) is 30.9. The van der Waals surface area contributed by atoms with Crippen molar-refractivity contribution in [2.24, 2.45) is 0 Å². The molecular weight excluding hydrogens is 704 g/mol. The molecule has 0 aliphatic carbocycles. The Morgan fingerprint density at radius 1 is 0.379 bits per heavy atom. The quantitative estimate of drug-likeness (QED) is 0.159. The molecule has 0 spiro atoms. The van der Waals surface area contributed by atoms with Crippen molar-refractivity contribution in [3.05, 3.63) is 121 Å². The molecule has 0 saturated carbocycles. The molecule has 144 valence electrons. The summed E-state index contributed by atoms with van der Waals surface area (Å²) in [7, 11) is 0. The number of benzene rings is 4. The van der Waals surface area contributed by atoms with E-state index in [2.05, 4.69) is 167 Å². The molecule has 0 bridgehead atoms. The Labute approximate surface area is 209 Å². The third-order valence-electron chi connectivity index (χ3n) is 4.60. The predicted octanol–water partition coefficient (Wildman–Crippen LogP) is 4.25. The van der Waals surface area contributed by atoms with Gasteiger partial charge in [-0.25, -0.2) is 0 Å². The summed E-state index contributed by atoms with van der Waals surface area (Å²) in [5, 5.41) is 0. The van der Waals surface area contributed by atoms with Crippen molar-refractivity contribution < 1.29 is 0 Å². The van der Waals surface area contributed by atoms with Crippen molar-refractivity contribution in [3.8, 4) is 0 Å². The molecular formula is C25H20As2I2. The van der Waals surface area contributed by atoms with Gasteiger partial charge in [0, 0.05) is 0 Å². The molecule has 0 atom stereocenters. The van der Waals surface area contributed by atoms with Crippen molar-refractivity contribution in [2.45, 2.75) is -0.996 Å². The predicted molar refractivity (Wildman–Crippen MR) is 147 cm³/mol. The van der Waals surface area contributed by atoms with Crippen molar-refractivity contribution in [1.82, 2.24) is 0 Å². The summed E-state index contributed by atoms with van der Waals surface area (Å²) in [6, 6.07) is 44.9. The van der Waals surface area contributed by atoms with Gasteiger partial charge in [-0.3, -0.25) is 0 Å². The average molecular weight is 724 g/mol. The van der Waals surface area contributed by atoms with E-state index in [4.69, 9.17) is 0 Å². The monoisotopic (exact) mass is 724 g/mol. The minimum absolute atomic E-state index is 0.181. The van der Waals surface area contributed by atoms with Crippen molar-refractivity contribution in [3.63, 3.8) is 0 Å². The summed E-state index contributed by atoms with van der Waals surface area (Å²) in [5.74, 6) is 0. The molecule has 0 heterocycles. The topological polar surface area (TPSA) is 0 Å². The summed E-state index contributed by atoms with van der Waals surface area (Å²) in [5.41, 5.74) is 0. The van der Waals surface area contributed by atoms with Crippen LogP contribution in [0.3, 0.4) is 0 Å². The number of rotatable bonds is 6. The van der Waals surface area contributed by atoms with E-state index in [9.17, 15) is 0 Å². The molecule has 0 amide bonds. The van der Waals surface area contributed by atoms with Crippen molar-refractivity contribution in [2.75, 3.05) is 0 Å². The fraction of sp³-hybridized carbons (Fsp3) is 0.0400. The van der Waals surface area contributed by atoms with Gasteiger partial charge in [-0.2, -0.15) is 0 Å². The molecule has 4 aromatic rings. The number of hydrogen-bond acceptors (Lipinski definition) is 0. The maximum absolute atomic E-state index is 2.83. The van der Waals surface area contributed by atoms with Crippen LogP contribution in [0.1, 0.15) is 0 Å². The van der Waals surface area contributed by atoms with Crippen LogP contribution in [0.15, 0.2) is 121 Å². The standard InChI is InChI=1S/C25H20As2I2/c28-25(29,26(21-13-5-1-6-14-21)22-15-7-2-8-16-22)27(23-17-9-3-10-18-23)24-19-11-4-12-20-24/h1-20H. The van der Waals surface area contributed by atoms with Crippen LogP contribution in [0.25, 0.3) is 0 Å². The van der Waals surface area contributed by atoms with Gasteiger partial charge in [0.25, 0.3) is 0 Å². The third-order valence-corrected chi connectivity index (χ3v) is 28.1. The van der Waals surface area contributed by atoms with Crippen molar-refractivity contribution in [1.29, 1.82) is 0 Å². The van der Waals surface area contributed by atoms with Crippen molar-refractivity contribution >= 4 is 91.9 Å². The van der Waals surface area contributed by atoms with E-state index in [0.29, 0.717) is 0 Å². The van der Waals surface area contributed by atoms with Crippen LogP contribution in [-0.2, 0) is 0 Å². The van der Waals surface area contributed by atoms with Gasteiger partial charge in [0.05, 0.1) is 0 Å². The zero-order chi connectivity index (χ0) is 20.1. The van der Waals surface area contributed by atoms with Crippen LogP contribution in [0, 0.1) is 0 Å². The Bertz CT molecular complexity index is 859. The summed E-state index contributed by atoms with van der Waals surface area (Å²) < 4.78 is 6.30. The van der Waals surface area contributed by atoms with Gasteiger partial charge < -0.3 is 0 Å². The molecule has 4 aromatic carbocycles. The Morgan fingerprint density at radius 2 is 0.586 bits per heavy atom. The summed E-state index contributed by atoms with van der Waals surface area (Å²) in [6.07, 6.45) is 0. The van der Waals surface area contributed by atoms with E-state index in [1.807, 2.05) is 0 Å². The molecule has 4 rings (SSSR count). The molecule has 29 heavy (non-hydrogen) atoms. The van der Waals surface area contributed by atoms with Gasteiger partial charge in [-0.05, 0) is 0 Å². The van der Waals surface area contributed by atoms with Crippen LogP contribution >= 0.6 is 45.2 Å². The van der Waals surface area contributed by atoms with Crippen LogP contribution in [0.2, 0.25) is 0 Å². The molecule has 0 N–H and O–H groups in total. The second kappa shape index (κ2) is 10.2. The van der Waals surface area contributed by atoms with E-state index in [1.54, 1.807) is 0 Å². The maximum atomic E-state index is 2.83. The number of hydrogen-bond donors (Lipinski definition) is 0. The Morgan fingerprint density at radius 3 is 0.793 bits per heavy atom. The molecule has 0 radical (unpaired) electrons. The van der Waals surface area contributed by atoms with E-state index in [0.717, 1.165) is 0 Å². The molecule has 0 fully saturated rings. The van der Waals surface area contributed by atoms with Gasteiger partial charge in [0.1, 0.15) is 0 Å². The Balaban J connectivity index is 1.91. The second-order valence-electron chi connectivity index (χ2n) is 6.52.